The van der Waals surface area contributed by atoms with Crippen LogP contribution in [0.5, 0.6) is 5.75 Å². The van der Waals surface area contributed by atoms with Crippen molar-refractivity contribution in [2.75, 3.05) is 19.4 Å². The van der Waals surface area contributed by atoms with Crippen molar-refractivity contribution in [1.82, 2.24) is 14.5 Å². The Morgan fingerprint density at radius 2 is 1.87 bits per heavy atom. The lowest BCUT2D eigenvalue weighted by Crippen LogP contribution is -2.31. The molecule has 1 aromatic heterocycles. The van der Waals surface area contributed by atoms with Crippen LogP contribution in [0.15, 0.2) is 41.2 Å². The van der Waals surface area contributed by atoms with E-state index in [4.69, 9.17) is 4.74 Å². The van der Waals surface area contributed by atoms with Crippen LogP contribution in [0.1, 0.15) is 6.92 Å². The average molecular weight is 337 g/mol. The van der Waals surface area contributed by atoms with E-state index in [2.05, 4.69) is 9.82 Å². The highest BCUT2D eigenvalue weighted by Crippen LogP contribution is 2.19. The molecule has 0 radical (unpaired) electrons. The third-order valence-electron chi connectivity index (χ3n) is 3.02. The van der Waals surface area contributed by atoms with Crippen molar-refractivity contribution in [1.29, 1.82) is 0 Å². The number of nitrogens with one attached hydrogen (secondary N) is 1. The molecule has 0 unspecified atom stereocenters. The zero-order valence-electron chi connectivity index (χ0n) is 13.0. The summed E-state index contributed by atoms with van der Waals surface area (Å²) < 4.78 is 31.1. The summed E-state index contributed by atoms with van der Waals surface area (Å²) in [7, 11) is -3.29. The summed E-state index contributed by atoms with van der Waals surface area (Å²) in [6, 6.07) is 10.4. The van der Waals surface area contributed by atoms with E-state index in [1.165, 1.54) is 10.7 Å². The van der Waals surface area contributed by atoms with Gasteiger partial charge >= 0.3 is 0 Å². The Morgan fingerprint density at radius 1 is 1.17 bits per heavy atom. The molecule has 0 atom stereocenters. The Kier molecular flexibility index (Phi) is 5.51. The Hall–Kier alpha value is -2.19. The van der Waals surface area contributed by atoms with Gasteiger partial charge in [0.05, 0.1) is 25.1 Å². The highest BCUT2D eigenvalue weighted by Gasteiger charge is 2.05. The number of rotatable bonds is 7. The lowest BCUT2D eigenvalue weighted by atomic mass is 10.1. The van der Waals surface area contributed by atoms with Crippen molar-refractivity contribution in [3.05, 3.63) is 46.8 Å². The number of aromatic nitrogens is 2. The van der Waals surface area contributed by atoms with Crippen LogP contribution < -0.4 is 15.0 Å². The number of hydrogen-bond donors (Lipinski definition) is 1. The van der Waals surface area contributed by atoms with Gasteiger partial charge in [-0.25, -0.2) is 17.8 Å². The molecule has 0 spiro atoms. The molecule has 0 aliphatic heterocycles. The van der Waals surface area contributed by atoms with Gasteiger partial charge in [-0.05, 0) is 37.3 Å². The quantitative estimate of drug-likeness (QED) is 0.809. The summed E-state index contributed by atoms with van der Waals surface area (Å²) >= 11 is 0. The first-order valence-corrected chi connectivity index (χ1v) is 9.04. The highest BCUT2D eigenvalue weighted by atomic mass is 32.2. The number of sulfonamides is 1. The van der Waals surface area contributed by atoms with Crippen LogP contribution in [0.4, 0.5) is 0 Å². The molecule has 2 aromatic rings. The van der Waals surface area contributed by atoms with Gasteiger partial charge in [-0.15, -0.1) is 0 Å². The van der Waals surface area contributed by atoms with E-state index in [0.717, 1.165) is 17.6 Å². The lowest BCUT2D eigenvalue weighted by Gasteiger charge is -2.08. The van der Waals surface area contributed by atoms with Gasteiger partial charge in [-0.3, -0.25) is 4.79 Å². The van der Waals surface area contributed by atoms with Crippen LogP contribution in [0.3, 0.4) is 0 Å². The smallest absolute Gasteiger partial charge is 0.266 e. The van der Waals surface area contributed by atoms with E-state index in [-0.39, 0.29) is 18.6 Å². The van der Waals surface area contributed by atoms with Gasteiger partial charge in [0.1, 0.15) is 5.75 Å². The molecule has 0 aliphatic rings. The largest absolute Gasteiger partial charge is 0.494 e. The van der Waals surface area contributed by atoms with Crippen molar-refractivity contribution >= 4 is 10.0 Å². The molecule has 23 heavy (non-hydrogen) atoms. The number of nitrogens with zero attached hydrogens (tertiary/aromatic N) is 2. The molecular weight excluding hydrogens is 318 g/mol. The molecule has 7 nitrogen and oxygen atoms in total. The number of ether oxygens (including phenoxy) is 1. The molecule has 0 saturated carbocycles. The summed E-state index contributed by atoms with van der Waals surface area (Å²) in [6.07, 6.45) is 1.07. The molecule has 1 N–H and O–H groups in total. The molecule has 2 rings (SSSR count). The van der Waals surface area contributed by atoms with Crippen LogP contribution in [0, 0.1) is 0 Å². The molecule has 0 fully saturated rings. The summed E-state index contributed by atoms with van der Waals surface area (Å²) in [4.78, 5) is 11.8. The molecular formula is C15H19N3O4S. The fourth-order valence-electron chi connectivity index (χ4n) is 1.99. The van der Waals surface area contributed by atoms with Crippen LogP contribution in [0.25, 0.3) is 11.3 Å². The van der Waals surface area contributed by atoms with E-state index in [0.29, 0.717) is 12.3 Å². The van der Waals surface area contributed by atoms with Gasteiger partial charge in [0.25, 0.3) is 5.56 Å². The van der Waals surface area contributed by atoms with Gasteiger partial charge in [-0.1, -0.05) is 0 Å². The number of benzene rings is 1. The second-order valence-electron chi connectivity index (χ2n) is 4.90. The third-order valence-corrected chi connectivity index (χ3v) is 3.74. The number of hydrogen-bond acceptors (Lipinski definition) is 5. The molecule has 124 valence electrons. The highest BCUT2D eigenvalue weighted by molar-refractivity contribution is 7.88. The lowest BCUT2D eigenvalue weighted by molar-refractivity contribution is 0.340. The van der Waals surface area contributed by atoms with Crippen molar-refractivity contribution in [3.8, 4) is 17.0 Å². The summed E-state index contributed by atoms with van der Waals surface area (Å²) in [5.41, 5.74) is 1.19. The fraction of sp³-hybridized carbons (Fsp3) is 0.333. The zero-order chi connectivity index (χ0) is 16.9. The van der Waals surface area contributed by atoms with Crippen molar-refractivity contribution < 1.29 is 13.2 Å². The Labute approximate surface area is 135 Å². The molecule has 0 bridgehead atoms. The normalized spacial score (nSPS) is 11.4. The third kappa shape index (κ3) is 5.19. The van der Waals surface area contributed by atoms with Crippen LogP contribution in [0.2, 0.25) is 0 Å². The van der Waals surface area contributed by atoms with Crippen LogP contribution >= 0.6 is 0 Å². The first-order chi connectivity index (χ1) is 10.9. The molecule has 8 heteroatoms. The SMILES string of the molecule is CCOc1ccc(-c2ccc(=O)n(CCNS(C)(=O)=O)n2)cc1. The van der Waals surface area contributed by atoms with Crippen molar-refractivity contribution in [3.63, 3.8) is 0 Å². The fourth-order valence-corrected chi connectivity index (χ4v) is 2.45. The second kappa shape index (κ2) is 7.38. The van der Waals surface area contributed by atoms with Gasteiger partial charge in [0.15, 0.2) is 0 Å². The predicted molar refractivity (Wildman–Crippen MR) is 87.9 cm³/mol. The Balaban J connectivity index is 2.17. The van der Waals surface area contributed by atoms with Crippen LogP contribution in [-0.4, -0.2) is 37.6 Å². The van der Waals surface area contributed by atoms with Crippen molar-refractivity contribution in [2.45, 2.75) is 13.5 Å². The minimum absolute atomic E-state index is 0.110. The maximum Gasteiger partial charge on any atom is 0.266 e. The zero-order valence-corrected chi connectivity index (χ0v) is 13.8. The molecule has 0 aliphatic carbocycles. The summed E-state index contributed by atoms with van der Waals surface area (Å²) in [5.74, 6) is 0.766. The van der Waals surface area contributed by atoms with E-state index in [1.807, 2.05) is 31.2 Å². The minimum atomic E-state index is -3.29. The standard InChI is InChI=1S/C15H19N3O4S/c1-3-22-13-6-4-12(5-7-13)14-8-9-15(19)18(17-14)11-10-16-23(2,20)21/h4-9,16H,3,10-11H2,1-2H3. The molecule has 1 heterocycles. The van der Waals surface area contributed by atoms with Gasteiger partial charge in [0.2, 0.25) is 10.0 Å². The molecule has 0 saturated heterocycles. The first kappa shape index (κ1) is 17.2. The van der Waals surface area contributed by atoms with E-state index in [9.17, 15) is 13.2 Å². The van der Waals surface area contributed by atoms with Gasteiger partial charge < -0.3 is 4.74 Å². The van der Waals surface area contributed by atoms with Crippen LogP contribution in [-0.2, 0) is 16.6 Å². The average Bonchev–Trinajstić information content (AvgIpc) is 2.49. The minimum Gasteiger partial charge on any atom is -0.494 e. The molecule has 1 aromatic carbocycles. The maximum absolute atomic E-state index is 11.8. The predicted octanol–water partition coefficient (Wildman–Crippen LogP) is 0.858. The summed E-state index contributed by atoms with van der Waals surface area (Å²) in [5, 5.41) is 4.27. The summed E-state index contributed by atoms with van der Waals surface area (Å²) in [6.45, 7) is 2.78. The van der Waals surface area contributed by atoms with Crippen molar-refractivity contribution in [2.24, 2.45) is 0 Å². The Morgan fingerprint density at radius 3 is 2.48 bits per heavy atom. The van der Waals surface area contributed by atoms with Gasteiger partial charge in [-0.2, -0.15) is 5.10 Å². The topological polar surface area (TPSA) is 90.3 Å². The van der Waals surface area contributed by atoms with E-state index >= 15 is 0 Å². The van der Waals surface area contributed by atoms with E-state index < -0.39 is 10.0 Å². The van der Waals surface area contributed by atoms with Gasteiger partial charge in [0, 0.05) is 18.2 Å². The first-order valence-electron chi connectivity index (χ1n) is 7.15. The maximum atomic E-state index is 11.8. The monoisotopic (exact) mass is 337 g/mol. The Bertz CT molecular complexity index is 813. The van der Waals surface area contributed by atoms with E-state index in [1.54, 1.807) is 6.07 Å². The second-order valence-corrected chi connectivity index (χ2v) is 6.74. The molecule has 0 amide bonds.